The largest absolute Gasteiger partial charge is 0.396 e. The lowest BCUT2D eigenvalue weighted by molar-refractivity contribution is -0.183. The molecular formula is C18H24N4O3. The molecule has 134 valence electrons. The summed E-state index contributed by atoms with van der Waals surface area (Å²) in [6.45, 7) is 4.21. The molecule has 2 aromatic heterocycles. The Morgan fingerprint density at radius 3 is 2.84 bits per heavy atom. The molecule has 0 bridgehead atoms. The summed E-state index contributed by atoms with van der Waals surface area (Å²) in [4.78, 5) is 8.54. The van der Waals surface area contributed by atoms with Crippen LogP contribution < -0.4 is 5.73 Å². The second-order valence-electron chi connectivity index (χ2n) is 8.33. The van der Waals surface area contributed by atoms with Crippen molar-refractivity contribution in [1.29, 1.82) is 0 Å². The molecule has 7 heteroatoms. The topological polar surface area (TPSA) is 95.4 Å². The zero-order valence-electron chi connectivity index (χ0n) is 14.6. The van der Waals surface area contributed by atoms with Crippen LogP contribution in [-0.4, -0.2) is 44.2 Å². The van der Waals surface area contributed by atoms with E-state index >= 15 is 0 Å². The molecule has 7 nitrogen and oxygen atoms in total. The van der Waals surface area contributed by atoms with Crippen LogP contribution in [0.3, 0.4) is 0 Å². The minimum absolute atomic E-state index is 0.0126. The van der Waals surface area contributed by atoms with Crippen LogP contribution in [0, 0.1) is 11.3 Å². The van der Waals surface area contributed by atoms with Gasteiger partial charge in [0.25, 0.3) is 0 Å². The fourth-order valence-corrected chi connectivity index (χ4v) is 5.33. The second-order valence-corrected chi connectivity index (χ2v) is 8.33. The van der Waals surface area contributed by atoms with Crippen LogP contribution in [0.1, 0.15) is 39.2 Å². The lowest BCUT2D eigenvalue weighted by atomic mass is 9.60. The van der Waals surface area contributed by atoms with Crippen molar-refractivity contribution in [3.8, 4) is 0 Å². The first-order valence-electron chi connectivity index (χ1n) is 8.96. The number of hydrogen-bond donors (Lipinski definition) is 2. The fraction of sp³-hybridized carbons (Fsp3) is 0.667. The van der Waals surface area contributed by atoms with Gasteiger partial charge in [0.15, 0.2) is 5.79 Å². The molecule has 2 aliphatic carbocycles. The SMILES string of the molecule is CC1(C)O[C@H]2[C@H](n3ccc4c(N)ncnc43)C[C@]3(C[C@@H](CO)C3)[C@H]2O1. The van der Waals surface area contributed by atoms with Gasteiger partial charge in [-0.15, -0.1) is 0 Å². The Kier molecular flexibility index (Phi) is 3.07. The lowest BCUT2D eigenvalue weighted by Crippen LogP contribution is -2.47. The number of ether oxygens (including phenoxy) is 2. The Bertz CT molecular complexity index is 827. The van der Waals surface area contributed by atoms with Gasteiger partial charge in [-0.2, -0.15) is 0 Å². The first-order chi connectivity index (χ1) is 11.9. The molecule has 3 heterocycles. The Morgan fingerprint density at radius 1 is 1.28 bits per heavy atom. The zero-order chi connectivity index (χ0) is 17.4. The minimum atomic E-state index is -0.581. The standard InChI is InChI=1S/C18H24N4O3/c1-17(2)24-13-12(7-18(14(13)25-17)5-10(6-18)8-23)22-4-3-11-15(19)20-9-21-16(11)22/h3-4,9-10,12-14,23H,5-8H2,1-2H3,(H2,19,20,21)/t10-,12-,13+,14+,18-/m1/s1. The molecule has 5 rings (SSSR count). The van der Waals surface area contributed by atoms with E-state index in [1.807, 2.05) is 26.1 Å². The summed E-state index contributed by atoms with van der Waals surface area (Å²) in [7, 11) is 0. The van der Waals surface area contributed by atoms with Gasteiger partial charge in [-0.25, -0.2) is 9.97 Å². The van der Waals surface area contributed by atoms with Gasteiger partial charge in [0.1, 0.15) is 23.9 Å². The molecule has 0 radical (unpaired) electrons. The van der Waals surface area contributed by atoms with E-state index in [2.05, 4.69) is 14.5 Å². The summed E-state index contributed by atoms with van der Waals surface area (Å²) in [5.74, 6) is 0.300. The molecular weight excluding hydrogens is 320 g/mol. The number of aromatic nitrogens is 3. The average molecular weight is 344 g/mol. The summed E-state index contributed by atoms with van der Waals surface area (Å²) in [5, 5.41) is 10.4. The maximum atomic E-state index is 9.49. The molecule has 1 spiro atoms. The number of nitrogens with zero attached hydrogens (tertiary/aromatic N) is 3. The van der Waals surface area contributed by atoms with Crippen molar-refractivity contribution < 1.29 is 14.6 Å². The highest BCUT2D eigenvalue weighted by Crippen LogP contribution is 2.63. The van der Waals surface area contributed by atoms with E-state index < -0.39 is 5.79 Å². The number of hydrogen-bond acceptors (Lipinski definition) is 6. The average Bonchev–Trinajstić information content (AvgIpc) is 3.16. The van der Waals surface area contributed by atoms with Crippen LogP contribution in [0.2, 0.25) is 0 Å². The number of aliphatic hydroxyl groups is 1. The van der Waals surface area contributed by atoms with Gasteiger partial charge in [-0.1, -0.05) is 0 Å². The molecule has 2 aromatic rings. The molecule has 2 saturated carbocycles. The van der Waals surface area contributed by atoms with E-state index in [1.165, 1.54) is 6.33 Å². The van der Waals surface area contributed by atoms with Crippen LogP contribution in [-0.2, 0) is 9.47 Å². The molecule has 1 saturated heterocycles. The van der Waals surface area contributed by atoms with Crippen LogP contribution >= 0.6 is 0 Å². The number of nitrogens with two attached hydrogens (primary N) is 1. The third-order valence-electron chi connectivity index (χ3n) is 6.27. The third kappa shape index (κ3) is 2.09. The van der Waals surface area contributed by atoms with E-state index in [0.717, 1.165) is 30.3 Å². The second kappa shape index (κ2) is 4.93. The highest BCUT2D eigenvalue weighted by molar-refractivity contribution is 5.86. The van der Waals surface area contributed by atoms with Crippen LogP contribution in [0.4, 0.5) is 5.82 Å². The molecule has 0 unspecified atom stereocenters. The van der Waals surface area contributed by atoms with Crippen molar-refractivity contribution in [2.45, 2.75) is 57.1 Å². The van der Waals surface area contributed by atoms with Gasteiger partial charge < -0.3 is 24.9 Å². The molecule has 0 amide bonds. The summed E-state index contributed by atoms with van der Waals surface area (Å²) in [6, 6.07) is 2.13. The summed E-state index contributed by atoms with van der Waals surface area (Å²) in [5.41, 5.74) is 6.93. The van der Waals surface area contributed by atoms with Gasteiger partial charge in [0.05, 0.1) is 17.5 Å². The Morgan fingerprint density at radius 2 is 2.08 bits per heavy atom. The normalized spacial score (nSPS) is 39.0. The number of anilines is 1. The van der Waals surface area contributed by atoms with Crippen molar-refractivity contribution in [3.63, 3.8) is 0 Å². The highest BCUT2D eigenvalue weighted by Gasteiger charge is 2.65. The van der Waals surface area contributed by atoms with E-state index in [4.69, 9.17) is 15.2 Å². The third-order valence-corrected chi connectivity index (χ3v) is 6.27. The molecule has 3 fully saturated rings. The fourth-order valence-electron chi connectivity index (χ4n) is 5.33. The van der Waals surface area contributed by atoms with Gasteiger partial charge >= 0.3 is 0 Å². The predicted molar refractivity (Wildman–Crippen MR) is 91.7 cm³/mol. The first kappa shape index (κ1) is 15.5. The van der Waals surface area contributed by atoms with Gasteiger partial charge in [-0.3, -0.25) is 0 Å². The van der Waals surface area contributed by atoms with Gasteiger partial charge in [0, 0.05) is 18.2 Å². The number of rotatable bonds is 2. The van der Waals surface area contributed by atoms with Gasteiger partial charge in [-0.05, 0) is 45.1 Å². The summed E-state index contributed by atoms with van der Waals surface area (Å²) < 4.78 is 14.8. The summed E-state index contributed by atoms with van der Waals surface area (Å²) in [6.07, 6.45) is 6.56. The molecule has 3 aliphatic rings. The maximum absolute atomic E-state index is 9.49. The van der Waals surface area contributed by atoms with E-state index in [9.17, 15) is 5.11 Å². The van der Waals surface area contributed by atoms with E-state index in [1.54, 1.807) is 0 Å². The predicted octanol–water partition coefficient (Wildman–Crippen LogP) is 1.87. The lowest BCUT2D eigenvalue weighted by Gasteiger charge is -2.48. The molecule has 1 aliphatic heterocycles. The van der Waals surface area contributed by atoms with Crippen molar-refractivity contribution in [3.05, 3.63) is 18.6 Å². The van der Waals surface area contributed by atoms with Crippen LogP contribution in [0.15, 0.2) is 18.6 Å². The van der Waals surface area contributed by atoms with Crippen LogP contribution in [0.5, 0.6) is 0 Å². The monoisotopic (exact) mass is 344 g/mol. The van der Waals surface area contributed by atoms with Crippen molar-refractivity contribution in [2.75, 3.05) is 12.3 Å². The highest BCUT2D eigenvalue weighted by atomic mass is 16.8. The molecule has 0 aromatic carbocycles. The molecule has 3 atom stereocenters. The number of fused-ring (bicyclic) bond motifs is 3. The Hall–Kier alpha value is -1.70. The quantitative estimate of drug-likeness (QED) is 0.863. The Balaban J connectivity index is 1.56. The van der Waals surface area contributed by atoms with E-state index in [0.29, 0.717) is 11.7 Å². The molecule has 3 N–H and O–H groups in total. The summed E-state index contributed by atoms with van der Waals surface area (Å²) >= 11 is 0. The number of nitrogen functional groups attached to an aromatic ring is 1. The number of aliphatic hydroxyl groups excluding tert-OH is 1. The van der Waals surface area contributed by atoms with Crippen molar-refractivity contribution in [2.24, 2.45) is 11.3 Å². The Labute approximate surface area is 146 Å². The zero-order valence-corrected chi connectivity index (χ0v) is 14.6. The van der Waals surface area contributed by atoms with Crippen molar-refractivity contribution >= 4 is 16.9 Å². The van der Waals surface area contributed by atoms with Gasteiger partial charge in [0.2, 0.25) is 0 Å². The minimum Gasteiger partial charge on any atom is -0.396 e. The van der Waals surface area contributed by atoms with Crippen LogP contribution in [0.25, 0.3) is 11.0 Å². The molecule has 25 heavy (non-hydrogen) atoms. The maximum Gasteiger partial charge on any atom is 0.163 e. The first-order valence-corrected chi connectivity index (χ1v) is 8.96. The smallest absolute Gasteiger partial charge is 0.163 e. The van der Waals surface area contributed by atoms with Crippen molar-refractivity contribution in [1.82, 2.24) is 14.5 Å². The van der Waals surface area contributed by atoms with E-state index in [-0.39, 0.29) is 30.3 Å².